The first-order valence-corrected chi connectivity index (χ1v) is 13.8. The Morgan fingerprint density at radius 3 is 0.900 bits per heavy atom. The van der Waals surface area contributed by atoms with Crippen molar-refractivity contribution in [3.05, 3.63) is 81.4 Å². The summed E-state index contributed by atoms with van der Waals surface area (Å²) in [6.07, 6.45) is 0. The van der Waals surface area contributed by atoms with Gasteiger partial charge in [-0.05, 0) is 55.0 Å². The number of rotatable bonds is 2. The Hall–Kier alpha value is -3.50. The van der Waals surface area contributed by atoms with Gasteiger partial charge in [-0.2, -0.15) is 10.5 Å². The van der Waals surface area contributed by atoms with E-state index in [9.17, 15) is 10.5 Å². The maximum atomic E-state index is 17.0. The number of benzene rings is 3. The predicted octanol–water partition coefficient (Wildman–Crippen LogP) is 10.2. The van der Waals surface area contributed by atoms with E-state index in [0.29, 0.717) is 11.1 Å². The van der Waals surface area contributed by atoms with Gasteiger partial charge < -0.3 is 0 Å². The summed E-state index contributed by atoms with van der Waals surface area (Å²) in [6.45, 7) is 24.8. The fourth-order valence-corrected chi connectivity index (χ4v) is 4.72. The van der Waals surface area contributed by atoms with Gasteiger partial charge in [0.15, 0.2) is 5.82 Å². The monoisotopic (exact) mass is 540 g/mol. The molecule has 0 amide bonds. The summed E-state index contributed by atoms with van der Waals surface area (Å²) in [5.41, 5.74) is 2.48. The van der Waals surface area contributed by atoms with E-state index in [1.807, 2.05) is 36.4 Å². The predicted molar refractivity (Wildman–Crippen MR) is 161 cm³/mol. The van der Waals surface area contributed by atoms with Gasteiger partial charge in [0, 0.05) is 11.1 Å². The molecular formula is C36H42F2N2. The van der Waals surface area contributed by atoms with E-state index in [2.05, 4.69) is 95.2 Å². The van der Waals surface area contributed by atoms with Crippen LogP contribution in [0, 0.1) is 34.3 Å². The van der Waals surface area contributed by atoms with Gasteiger partial charge in [-0.3, -0.25) is 0 Å². The highest BCUT2D eigenvalue weighted by Crippen LogP contribution is 2.43. The molecule has 0 unspecified atom stereocenters. The highest BCUT2D eigenvalue weighted by Gasteiger charge is 2.30. The van der Waals surface area contributed by atoms with Crippen molar-refractivity contribution in [1.29, 1.82) is 10.5 Å². The number of hydrogen-bond acceptors (Lipinski definition) is 2. The number of halogens is 2. The molecule has 0 saturated carbocycles. The highest BCUT2D eigenvalue weighted by atomic mass is 19.1. The molecule has 3 aromatic carbocycles. The summed E-state index contributed by atoms with van der Waals surface area (Å²) in [5, 5.41) is 20.1. The van der Waals surface area contributed by atoms with E-state index in [-0.39, 0.29) is 32.8 Å². The van der Waals surface area contributed by atoms with Crippen LogP contribution < -0.4 is 0 Å². The third-order valence-electron chi connectivity index (χ3n) is 7.51. The minimum atomic E-state index is -0.992. The van der Waals surface area contributed by atoms with Gasteiger partial charge in [0.2, 0.25) is 0 Å². The lowest BCUT2D eigenvalue weighted by molar-refractivity contribution is 0.568. The summed E-state index contributed by atoms with van der Waals surface area (Å²) in [5.74, 6) is -1.75. The lowest BCUT2D eigenvalue weighted by Gasteiger charge is -2.28. The molecular weight excluding hydrogens is 498 g/mol. The van der Waals surface area contributed by atoms with Gasteiger partial charge in [-0.1, -0.05) is 119 Å². The van der Waals surface area contributed by atoms with Crippen molar-refractivity contribution in [2.45, 2.75) is 105 Å². The maximum absolute atomic E-state index is 17.0. The summed E-state index contributed by atoms with van der Waals surface area (Å²) in [4.78, 5) is 0. The molecule has 0 spiro atoms. The van der Waals surface area contributed by atoms with Crippen LogP contribution >= 0.6 is 0 Å². The molecule has 0 saturated heterocycles. The first kappa shape index (κ1) is 31.0. The van der Waals surface area contributed by atoms with Gasteiger partial charge in [0.05, 0.1) is 11.1 Å². The smallest absolute Gasteiger partial charge is 0.160 e. The van der Waals surface area contributed by atoms with Crippen molar-refractivity contribution in [1.82, 2.24) is 0 Å². The molecule has 4 heteroatoms. The summed E-state index contributed by atoms with van der Waals surface area (Å²) in [6, 6.07) is 15.3. The van der Waals surface area contributed by atoms with E-state index in [1.54, 1.807) is 0 Å². The third kappa shape index (κ3) is 5.97. The molecule has 0 aliphatic rings. The zero-order chi connectivity index (χ0) is 30.6. The Bertz CT molecular complexity index is 1370. The van der Waals surface area contributed by atoms with Crippen LogP contribution in [0.3, 0.4) is 0 Å². The van der Waals surface area contributed by atoms with Gasteiger partial charge >= 0.3 is 0 Å². The van der Waals surface area contributed by atoms with Crippen molar-refractivity contribution >= 4 is 0 Å². The molecule has 0 atom stereocenters. The molecule has 0 radical (unpaired) electrons. The molecule has 0 aliphatic carbocycles. The third-order valence-corrected chi connectivity index (χ3v) is 7.51. The van der Waals surface area contributed by atoms with Crippen molar-refractivity contribution < 1.29 is 8.78 Å². The van der Waals surface area contributed by atoms with Crippen LogP contribution in [-0.4, -0.2) is 0 Å². The SMILES string of the molecule is CC(C)(C)c1cc(-c2c(F)c(-c3cc(C(C)(C)C)cc(C(C)(C)C)c3)c(C#N)c(F)c2C#N)cc(C(C)(C)C)c1. The normalized spacial score (nSPS) is 12.7. The Kier molecular flexibility index (Phi) is 7.88. The molecule has 210 valence electrons. The van der Waals surface area contributed by atoms with Crippen LogP contribution in [0.15, 0.2) is 36.4 Å². The van der Waals surface area contributed by atoms with E-state index < -0.39 is 22.8 Å². The average Bonchev–Trinajstić information content (AvgIpc) is 2.81. The Labute approximate surface area is 239 Å². The van der Waals surface area contributed by atoms with Gasteiger partial charge in [-0.25, -0.2) is 8.78 Å². The zero-order valence-corrected chi connectivity index (χ0v) is 26.1. The minimum Gasteiger partial charge on any atom is -0.206 e. The molecule has 0 N–H and O–H groups in total. The molecule has 0 aromatic heterocycles. The first-order valence-electron chi connectivity index (χ1n) is 13.8. The molecule has 40 heavy (non-hydrogen) atoms. The number of nitriles is 2. The topological polar surface area (TPSA) is 47.6 Å². The molecule has 3 rings (SSSR count). The molecule has 2 nitrogen and oxygen atoms in total. The highest BCUT2D eigenvalue weighted by molar-refractivity contribution is 5.84. The quantitative estimate of drug-likeness (QED) is 0.325. The zero-order valence-electron chi connectivity index (χ0n) is 26.1. The second kappa shape index (κ2) is 10.2. The number of hydrogen-bond donors (Lipinski definition) is 0. The van der Waals surface area contributed by atoms with Crippen LogP contribution in [0.25, 0.3) is 22.3 Å². The summed E-state index contributed by atoms with van der Waals surface area (Å²) >= 11 is 0. The Morgan fingerprint density at radius 1 is 0.450 bits per heavy atom. The van der Waals surface area contributed by atoms with E-state index in [0.717, 1.165) is 22.3 Å². The van der Waals surface area contributed by atoms with Crippen molar-refractivity contribution in [3.63, 3.8) is 0 Å². The number of nitrogens with zero attached hydrogens (tertiary/aromatic N) is 2. The van der Waals surface area contributed by atoms with Gasteiger partial charge in [-0.15, -0.1) is 0 Å². The molecule has 0 fully saturated rings. The van der Waals surface area contributed by atoms with E-state index in [4.69, 9.17) is 0 Å². The second-order valence-electron chi connectivity index (χ2n) is 14.9. The first-order chi connectivity index (χ1) is 18.1. The Morgan fingerprint density at radius 2 is 0.700 bits per heavy atom. The lowest BCUT2D eigenvalue weighted by Crippen LogP contribution is -2.17. The fraction of sp³-hybridized carbons (Fsp3) is 0.444. The molecule has 0 aliphatic heterocycles. The molecule has 0 bridgehead atoms. The standard InChI is InChI=1S/C36H42F2N2/c1-33(2,3)23-13-21(14-24(17-23)34(4,5)6)29-27(19-39)31(37)28(20-40)30(32(29)38)22-15-25(35(7,8)9)18-26(16-22)36(10,11)12/h13-18H,1-12H3. The summed E-state index contributed by atoms with van der Waals surface area (Å²) in [7, 11) is 0. The maximum Gasteiger partial charge on any atom is 0.160 e. The lowest BCUT2D eigenvalue weighted by atomic mass is 9.77. The van der Waals surface area contributed by atoms with Gasteiger partial charge in [0.25, 0.3) is 0 Å². The van der Waals surface area contributed by atoms with Crippen LogP contribution in [-0.2, 0) is 21.7 Å². The minimum absolute atomic E-state index is 0.107. The van der Waals surface area contributed by atoms with E-state index >= 15 is 8.78 Å². The van der Waals surface area contributed by atoms with E-state index in [1.165, 1.54) is 0 Å². The van der Waals surface area contributed by atoms with Crippen LogP contribution in [0.5, 0.6) is 0 Å². The fourth-order valence-electron chi connectivity index (χ4n) is 4.72. The molecule has 3 aromatic rings. The van der Waals surface area contributed by atoms with Gasteiger partial charge in [0.1, 0.15) is 18.0 Å². The van der Waals surface area contributed by atoms with Crippen LogP contribution in [0.4, 0.5) is 8.78 Å². The van der Waals surface area contributed by atoms with Crippen LogP contribution in [0.2, 0.25) is 0 Å². The van der Waals surface area contributed by atoms with Crippen molar-refractivity contribution in [2.75, 3.05) is 0 Å². The summed E-state index contributed by atoms with van der Waals surface area (Å²) < 4.78 is 33.0. The largest absolute Gasteiger partial charge is 0.206 e. The average molecular weight is 541 g/mol. The van der Waals surface area contributed by atoms with Crippen molar-refractivity contribution in [3.8, 4) is 34.4 Å². The van der Waals surface area contributed by atoms with Crippen molar-refractivity contribution in [2.24, 2.45) is 0 Å². The molecule has 0 heterocycles. The Balaban J connectivity index is 2.58. The van der Waals surface area contributed by atoms with Crippen LogP contribution in [0.1, 0.15) is 116 Å². The second-order valence-corrected chi connectivity index (χ2v) is 14.9.